The summed E-state index contributed by atoms with van der Waals surface area (Å²) in [7, 11) is 0. The van der Waals surface area contributed by atoms with Gasteiger partial charge in [0, 0.05) is 18.0 Å². The minimum Gasteiger partial charge on any atom is -0.478 e. The predicted molar refractivity (Wildman–Crippen MR) is 65.6 cm³/mol. The number of nitrogens with zero attached hydrogens (tertiary/aromatic N) is 1. The Morgan fingerprint density at radius 3 is 3.00 bits per heavy atom. The molecule has 0 atom stereocenters. The normalized spacial score (nSPS) is 17.8. The van der Waals surface area contributed by atoms with Crippen LogP contribution in [0.3, 0.4) is 0 Å². The largest absolute Gasteiger partial charge is 0.478 e. The van der Waals surface area contributed by atoms with Crippen molar-refractivity contribution in [2.24, 2.45) is 0 Å². The van der Waals surface area contributed by atoms with E-state index in [2.05, 4.69) is 11.8 Å². The van der Waals surface area contributed by atoms with Gasteiger partial charge in [0.05, 0.1) is 5.57 Å². The van der Waals surface area contributed by atoms with Crippen LogP contribution in [0.5, 0.6) is 0 Å². The number of hydrogen-bond acceptors (Lipinski definition) is 3. The van der Waals surface area contributed by atoms with Gasteiger partial charge in [0.2, 0.25) is 0 Å². The minimum absolute atomic E-state index is 0.565. The number of carbonyl (C=O) groups is 1. The fourth-order valence-corrected chi connectivity index (χ4v) is 2.84. The molecule has 0 aliphatic carbocycles. The van der Waals surface area contributed by atoms with Crippen LogP contribution in [0, 0.1) is 0 Å². The van der Waals surface area contributed by atoms with Crippen LogP contribution >= 0.6 is 11.3 Å². The molecule has 4 heteroatoms. The van der Waals surface area contributed by atoms with Gasteiger partial charge in [-0.25, -0.2) is 4.79 Å². The van der Waals surface area contributed by atoms with Crippen LogP contribution < -0.4 is 0 Å². The minimum atomic E-state index is -0.776. The van der Waals surface area contributed by atoms with Gasteiger partial charge in [-0.15, -0.1) is 11.3 Å². The number of carboxylic acid groups (broad SMARTS) is 1. The summed E-state index contributed by atoms with van der Waals surface area (Å²) >= 11 is 1.62. The quantitative estimate of drug-likeness (QED) is 0.877. The first kappa shape index (κ1) is 11.4. The number of carboxylic acids is 1. The molecule has 16 heavy (non-hydrogen) atoms. The van der Waals surface area contributed by atoms with Crippen LogP contribution in [-0.4, -0.2) is 35.6 Å². The number of thiophene rings is 1. The summed E-state index contributed by atoms with van der Waals surface area (Å²) in [5, 5.41) is 11.2. The highest BCUT2D eigenvalue weighted by Gasteiger charge is 2.23. The van der Waals surface area contributed by atoms with Crippen molar-refractivity contribution in [2.45, 2.75) is 13.3 Å². The Morgan fingerprint density at radius 1 is 1.62 bits per heavy atom. The predicted octanol–water partition coefficient (Wildman–Crippen LogP) is 2.31. The fraction of sp³-hybridized carbons (Fsp3) is 0.417. The van der Waals surface area contributed by atoms with Crippen molar-refractivity contribution in [1.29, 1.82) is 0 Å². The zero-order valence-corrected chi connectivity index (χ0v) is 10.1. The maximum Gasteiger partial charge on any atom is 0.333 e. The molecular formula is C12H15NO2S. The van der Waals surface area contributed by atoms with E-state index in [1.807, 2.05) is 17.5 Å². The molecule has 0 spiro atoms. The molecule has 1 aromatic rings. The molecule has 1 N–H and O–H groups in total. The lowest BCUT2D eigenvalue weighted by Crippen LogP contribution is -2.33. The molecule has 1 aromatic heterocycles. The molecule has 0 saturated carbocycles. The van der Waals surface area contributed by atoms with Gasteiger partial charge in [-0.2, -0.15) is 0 Å². The van der Waals surface area contributed by atoms with E-state index in [1.165, 1.54) is 0 Å². The first-order chi connectivity index (χ1) is 7.72. The van der Waals surface area contributed by atoms with Gasteiger partial charge in [-0.3, -0.25) is 4.90 Å². The summed E-state index contributed by atoms with van der Waals surface area (Å²) in [6.45, 7) is 4.50. The molecule has 1 aliphatic rings. The van der Waals surface area contributed by atoms with Crippen molar-refractivity contribution in [3.05, 3.63) is 28.0 Å². The highest BCUT2D eigenvalue weighted by atomic mass is 32.1. The molecule has 2 rings (SSSR count). The number of hydrogen-bond donors (Lipinski definition) is 1. The average molecular weight is 237 g/mol. The van der Waals surface area contributed by atoms with Gasteiger partial charge >= 0.3 is 5.97 Å². The average Bonchev–Trinajstić information content (AvgIpc) is 2.81. The van der Waals surface area contributed by atoms with Crippen molar-refractivity contribution in [1.82, 2.24) is 4.90 Å². The second kappa shape index (κ2) is 4.80. The first-order valence-electron chi connectivity index (χ1n) is 5.44. The Balaban J connectivity index is 2.35. The zero-order valence-electron chi connectivity index (χ0n) is 9.27. The topological polar surface area (TPSA) is 40.5 Å². The standard InChI is InChI=1S/C12H15NO2S/c1-2-13-6-5-9(10(8-13)12(14)15)11-4-3-7-16-11/h3-4,7H,2,5-6,8H2,1H3,(H,14,15). The maximum atomic E-state index is 11.2. The van der Waals surface area contributed by atoms with E-state index in [4.69, 9.17) is 0 Å². The smallest absolute Gasteiger partial charge is 0.333 e. The van der Waals surface area contributed by atoms with Gasteiger partial charge in [0.25, 0.3) is 0 Å². The van der Waals surface area contributed by atoms with E-state index in [1.54, 1.807) is 11.3 Å². The number of rotatable bonds is 3. The third kappa shape index (κ3) is 2.18. The van der Waals surface area contributed by atoms with Gasteiger partial charge in [0.1, 0.15) is 0 Å². The Hall–Kier alpha value is -1.13. The highest BCUT2D eigenvalue weighted by Crippen LogP contribution is 2.30. The number of likely N-dealkylation sites (N-methyl/N-ethyl adjacent to an activating group) is 1. The molecule has 0 radical (unpaired) electrons. The van der Waals surface area contributed by atoms with Gasteiger partial charge in [-0.05, 0) is 30.0 Å². The molecule has 0 bridgehead atoms. The molecule has 0 fully saturated rings. The van der Waals surface area contributed by atoms with Gasteiger partial charge in [-0.1, -0.05) is 13.0 Å². The molecule has 1 aliphatic heterocycles. The summed E-state index contributed by atoms with van der Waals surface area (Å²) in [5.41, 5.74) is 1.59. The van der Waals surface area contributed by atoms with E-state index in [9.17, 15) is 9.90 Å². The summed E-state index contributed by atoms with van der Waals surface area (Å²) in [6, 6.07) is 3.98. The monoisotopic (exact) mass is 237 g/mol. The Morgan fingerprint density at radius 2 is 2.44 bits per heavy atom. The van der Waals surface area contributed by atoms with Crippen molar-refractivity contribution in [3.8, 4) is 0 Å². The van der Waals surface area contributed by atoms with Crippen LogP contribution in [-0.2, 0) is 4.79 Å². The first-order valence-corrected chi connectivity index (χ1v) is 6.32. The highest BCUT2D eigenvalue weighted by molar-refractivity contribution is 7.11. The van der Waals surface area contributed by atoms with Crippen LogP contribution in [0.1, 0.15) is 18.2 Å². The van der Waals surface area contributed by atoms with Crippen molar-refractivity contribution in [3.63, 3.8) is 0 Å². The maximum absolute atomic E-state index is 11.2. The second-order valence-corrected chi connectivity index (χ2v) is 4.81. The van der Waals surface area contributed by atoms with Crippen molar-refractivity contribution >= 4 is 22.9 Å². The molecule has 0 aromatic carbocycles. The molecule has 0 saturated heterocycles. The molecule has 0 unspecified atom stereocenters. The molecule has 86 valence electrons. The van der Waals surface area contributed by atoms with Crippen LogP contribution in [0.2, 0.25) is 0 Å². The van der Waals surface area contributed by atoms with Crippen LogP contribution in [0.15, 0.2) is 23.1 Å². The lowest BCUT2D eigenvalue weighted by molar-refractivity contribution is -0.132. The molecule has 2 heterocycles. The van der Waals surface area contributed by atoms with E-state index >= 15 is 0 Å². The third-order valence-electron chi connectivity index (χ3n) is 2.95. The van der Waals surface area contributed by atoms with Crippen molar-refractivity contribution < 1.29 is 9.90 Å². The summed E-state index contributed by atoms with van der Waals surface area (Å²) in [6.07, 6.45) is 0.843. The Bertz CT molecular complexity index is 409. The van der Waals surface area contributed by atoms with E-state index in [0.29, 0.717) is 12.1 Å². The van der Waals surface area contributed by atoms with E-state index in [0.717, 1.165) is 30.0 Å². The van der Waals surface area contributed by atoms with Crippen LogP contribution in [0.25, 0.3) is 5.57 Å². The molecule has 3 nitrogen and oxygen atoms in total. The van der Waals surface area contributed by atoms with Crippen LogP contribution in [0.4, 0.5) is 0 Å². The zero-order chi connectivity index (χ0) is 11.5. The fourth-order valence-electron chi connectivity index (χ4n) is 2.01. The number of aliphatic carboxylic acids is 1. The summed E-state index contributed by atoms with van der Waals surface area (Å²) in [5.74, 6) is -0.776. The lowest BCUT2D eigenvalue weighted by atomic mass is 9.98. The summed E-state index contributed by atoms with van der Waals surface area (Å²) < 4.78 is 0. The lowest BCUT2D eigenvalue weighted by Gasteiger charge is -2.27. The van der Waals surface area contributed by atoms with E-state index < -0.39 is 5.97 Å². The SMILES string of the molecule is CCN1CCC(c2cccs2)=C(C(=O)O)C1. The Kier molecular flexibility index (Phi) is 3.41. The van der Waals surface area contributed by atoms with Crippen molar-refractivity contribution in [2.75, 3.05) is 19.6 Å². The van der Waals surface area contributed by atoms with Gasteiger partial charge < -0.3 is 5.11 Å². The third-order valence-corrected chi connectivity index (χ3v) is 3.88. The van der Waals surface area contributed by atoms with Gasteiger partial charge in [0.15, 0.2) is 0 Å². The van der Waals surface area contributed by atoms with E-state index in [-0.39, 0.29) is 0 Å². The molecular weight excluding hydrogens is 222 g/mol. The molecule has 0 amide bonds. The second-order valence-electron chi connectivity index (χ2n) is 3.86. The Labute approximate surface area is 99.0 Å². The summed E-state index contributed by atoms with van der Waals surface area (Å²) in [4.78, 5) is 14.5.